The largest absolute Gasteiger partial charge is 0.348 e. The van der Waals surface area contributed by atoms with E-state index in [9.17, 15) is 4.79 Å². The number of hydrogen-bond donors (Lipinski definition) is 2. The number of nitrogens with one attached hydrogen (secondary N) is 2. The van der Waals surface area contributed by atoms with Gasteiger partial charge in [0.25, 0.3) is 5.91 Å². The van der Waals surface area contributed by atoms with E-state index >= 15 is 0 Å². The highest BCUT2D eigenvalue weighted by Gasteiger charge is 2.21. The third-order valence-electron chi connectivity index (χ3n) is 4.07. The van der Waals surface area contributed by atoms with Gasteiger partial charge in [-0.15, -0.1) is 0 Å². The molecule has 0 bridgehead atoms. The molecular formula is C15H25N3O. The molecule has 1 aromatic heterocycles. The van der Waals surface area contributed by atoms with E-state index in [0.717, 1.165) is 31.6 Å². The van der Waals surface area contributed by atoms with E-state index in [2.05, 4.69) is 36.0 Å². The van der Waals surface area contributed by atoms with E-state index in [-0.39, 0.29) is 11.9 Å². The number of aromatic nitrogens is 1. The SMILES string of the molecule is CC(C)C(C)NC(=O)c1cccn1C1CCNCC1. The zero-order valence-corrected chi connectivity index (χ0v) is 12.1. The first-order valence-electron chi connectivity index (χ1n) is 7.28. The molecular weight excluding hydrogens is 238 g/mol. The summed E-state index contributed by atoms with van der Waals surface area (Å²) in [6.07, 6.45) is 4.22. The second-order valence-electron chi connectivity index (χ2n) is 5.79. The summed E-state index contributed by atoms with van der Waals surface area (Å²) in [5.41, 5.74) is 0.791. The Balaban J connectivity index is 2.08. The van der Waals surface area contributed by atoms with E-state index in [4.69, 9.17) is 0 Å². The van der Waals surface area contributed by atoms with E-state index in [1.807, 2.05) is 18.3 Å². The van der Waals surface area contributed by atoms with Gasteiger partial charge in [0.15, 0.2) is 0 Å². The number of hydrogen-bond acceptors (Lipinski definition) is 2. The predicted molar refractivity (Wildman–Crippen MR) is 77.3 cm³/mol. The van der Waals surface area contributed by atoms with Crippen molar-refractivity contribution in [2.45, 2.75) is 45.7 Å². The van der Waals surface area contributed by atoms with Crippen LogP contribution in [0.4, 0.5) is 0 Å². The Hall–Kier alpha value is -1.29. The van der Waals surface area contributed by atoms with Crippen molar-refractivity contribution in [3.05, 3.63) is 24.0 Å². The lowest BCUT2D eigenvalue weighted by atomic mass is 10.1. The van der Waals surface area contributed by atoms with Gasteiger partial charge in [-0.3, -0.25) is 4.79 Å². The van der Waals surface area contributed by atoms with Crippen LogP contribution in [0.5, 0.6) is 0 Å². The van der Waals surface area contributed by atoms with Crippen LogP contribution in [0.3, 0.4) is 0 Å². The molecule has 4 heteroatoms. The Morgan fingerprint density at radius 3 is 2.68 bits per heavy atom. The lowest BCUT2D eigenvalue weighted by molar-refractivity contribution is 0.0917. The second kappa shape index (κ2) is 6.24. The molecule has 1 unspecified atom stereocenters. The molecule has 0 aromatic carbocycles. The number of piperidine rings is 1. The molecule has 1 amide bonds. The van der Waals surface area contributed by atoms with Gasteiger partial charge in [0.1, 0.15) is 5.69 Å². The van der Waals surface area contributed by atoms with Crippen molar-refractivity contribution < 1.29 is 4.79 Å². The highest BCUT2D eigenvalue weighted by atomic mass is 16.2. The first-order valence-corrected chi connectivity index (χ1v) is 7.28. The van der Waals surface area contributed by atoms with Gasteiger partial charge in [-0.2, -0.15) is 0 Å². The van der Waals surface area contributed by atoms with Crippen molar-refractivity contribution in [1.29, 1.82) is 0 Å². The molecule has 1 atom stereocenters. The molecule has 0 radical (unpaired) electrons. The molecule has 0 aliphatic carbocycles. The third-order valence-corrected chi connectivity index (χ3v) is 4.07. The Morgan fingerprint density at radius 1 is 1.37 bits per heavy atom. The van der Waals surface area contributed by atoms with E-state index in [1.54, 1.807) is 0 Å². The maximum Gasteiger partial charge on any atom is 0.268 e. The van der Waals surface area contributed by atoms with E-state index in [0.29, 0.717) is 12.0 Å². The van der Waals surface area contributed by atoms with Gasteiger partial charge in [0.2, 0.25) is 0 Å². The minimum absolute atomic E-state index is 0.0460. The summed E-state index contributed by atoms with van der Waals surface area (Å²) in [6.45, 7) is 8.37. The van der Waals surface area contributed by atoms with Crippen LogP contribution in [0.2, 0.25) is 0 Å². The van der Waals surface area contributed by atoms with E-state index in [1.165, 1.54) is 0 Å². The number of amides is 1. The number of nitrogens with zero attached hydrogens (tertiary/aromatic N) is 1. The fraction of sp³-hybridized carbons (Fsp3) is 0.667. The summed E-state index contributed by atoms with van der Waals surface area (Å²) in [4.78, 5) is 12.3. The second-order valence-corrected chi connectivity index (χ2v) is 5.79. The van der Waals surface area contributed by atoms with Crippen LogP contribution in [0.25, 0.3) is 0 Å². The predicted octanol–water partition coefficient (Wildman–Crippen LogP) is 2.19. The first-order chi connectivity index (χ1) is 9.09. The normalized spacial score (nSPS) is 18.5. The summed E-state index contributed by atoms with van der Waals surface area (Å²) in [7, 11) is 0. The maximum atomic E-state index is 12.3. The Morgan fingerprint density at radius 2 is 2.05 bits per heavy atom. The van der Waals surface area contributed by atoms with Crippen molar-refractivity contribution in [3.63, 3.8) is 0 Å². The van der Waals surface area contributed by atoms with Gasteiger partial charge in [0.05, 0.1) is 0 Å². The molecule has 106 valence electrons. The van der Waals surface area contributed by atoms with Crippen molar-refractivity contribution in [1.82, 2.24) is 15.2 Å². The Kier molecular flexibility index (Phi) is 4.64. The summed E-state index contributed by atoms with van der Waals surface area (Å²) in [5.74, 6) is 0.496. The van der Waals surface area contributed by atoms with Gasteiger partial charge in [0, 0.05) is 18.3 Å². The molecule has 1 aromatic rings. The van der Waals surface area contributed by atoms with Crippen molar-refractivity contribution >= 4 is 5.91 Å². The monoisotopic (exact) mass is 263 g/mol. The summed E-state index contributed by atoms with van der Waals surface area (Å²) in [5, 5.41) is 6.44. The highest BCUT2D eigenvalue weighted by Crippen LogP contribution is 2.21. The topological polar surface area (TPSA) is 46.1 Å². The lowest BCUT2D eigenvalue weighted by Gasteiger charge is -2.26. The molecule has 4 nitrogen and oxygen atoms in total. The van der Waals surface area contributed by atoms with Crippen molar-refractivity contribution in [2.24, 2.45) is 5.92 Å². The van der Waals surface area contributed by atoms with Crippen LogP contribution in [0, 0.1) is 5.92 Å². The summed E-state index contributed by atoms with van der Waals surface area (Å²) < 4.78 is 2.14. The van der Waals surface area contributed by atoms with Crippen LogP contribution < -0.4 is 10.6 Å². The molecule has 2 heterocycles. The minimum atomic E-state index is 0.0460. The van der Waals surface area contributed by atoms with Gasteiger partial charge in [-0.1, -0.05) is 13.8 Å². The molecule has 0 saturated carbocycles. The molecule has 2 rings (SSSR count). The molecule has 0 spiro atoms. The highest BCUT2D eigenvalue weighted by molar-refractivity contribution is 5.93. The number of carbonyl (C=O) groups is 1. The van der Waals surface area contributed by atoms with Crippen LogP contribution in [0.1, 0.15) is 50.1 Å². The van der Waals surface area contributed by atoms with Gasteiger partial charge >= 0.3 is 0 Å². The van der Waals surface area contributed by atoms with Gasteiger partial charge in [-0.05, 0) is 50.9 Å². The van der Waals surface area contributed by atoms with Crippen LogP contribution in [-0.2, 0) is 0 Å². The smallest absolute Gasteiger partial charge is 0.268 e. The summed E-state index contributed by atoms with van der Waals surface area (Å²) >= 11 is 0. The van der Waals surface area contributed by atoms with E-state index < -0.39 is 0 Å². The fourth-order valence-corrected chi connectivity index (χ4v) is 2.44. The lowest BCUT2D eigenvalue weighted by Crippen LogP contribution is -2.38. The van der Waals surface area contributed by atoms with Crippen molar-refractivity contribution in [2.75, 3.05) is 13.1 Å². The molecule has 19 heavy (non-hydrogen) atoms. The quantitative estimate of drug-likeness (QED) is 0.874. The standard InChI is InChI=1S/C15H25N3O/c1-11(2)12(3)17-15(19)14-5-4-10-18(14)13-6-8-16-9-7-13/h4-5,10-13,16H,6-9H2,1-3H3,(H,17,19). The fourth-order valence-electron chi connectivity index (χ4n) is 2.44. The van der Waals surface area contributed by atoms with Crippen LogP contribution in [-0.4, -0.2) is 29.6 Å². The van der Waals surface area contributed by atoms with Gasteiger partial charge < -0.3 is 15.2 Å². The summed E-state index contributed by atoms with van der Waals surface area (Å²) in [6, 6.07) is 4.54. The molecule has 2 N–H and O–H groups in total. The number of rotatable bonds is 4. The zero-order valence-electron chi connectivity index (χ0n) is 12.1. The Labute approximate surface area is 115 Å². The Bertz CT molecular complexity index is 419. The molecule has 1 fully saturated rings. The van der Waals surface area contributed by atoms with Crippen LogP contribution >= 0.6 is 0 Å². The first kappa shape index (κ1) is 14.1. The molecule has 1 saturated heterocycles. The number of carbonyl (C=O) groups excluding carboxylic acids is 1. The maximum absolute atomic E-state index is 12.3. The average Bonchev–Trinajstić information content (AvgIpc) is 2.88. The molecule has 1 aliphatic rings. The third kappa shape index (κ3) is 3.38. The van der Waals surface area contributed by atoms with Crippen molar-refractivity contribution in [3.8, 4) is 0 Å². The van der Waals surface area contributed by atoms with Gasteiger partial charge in [-0.25, -0.2) is 0 Å². The van der Waals surface area contributed by atoms with Crippen LogP contribution in [0.15, 0.2) is 18.3 Å². The zero-order chi connectivity index (χ0) is 13.8. The molecule has 1 aliphatic heterocycles. The minimum Gasteiger partial charge on any atom is -0.348 e. The average molecular weight is 263 g/mol.